The highest BCUT2D eigenvalue weighted by atomic mass is 127. The van der Waals surface area contributed by atoms with Crippen LogP contribution in [-0.2, 0) is 9.47 Å². The number of hydrogen-bond donors (Lipinski definition) is 0. The van der Waals surface area contributed by atoms with Crippen LogP contribution in [0.2, 0.25) is 0 Å². The van der Waals surface area contributed by atoms with E-state index in [1.165, 1.54) is 68.6 Å². The van der Waals surface area contributed by atoms with Crippen molar-refractivity contribution in [2.24, 2.45) is 0 Å². The maximum Gasteiger partial charge on any atom is 0.157 e. The van der Waals surface area contributed by atoms with Crippen molar-refractivity contribution < 1.29 is 9.47 Å². The third-order valence-electron chi connectivity index (χ3n) is 4.41. The van der Waals surface area contributed by atoms with Gasteiger partial charge in [0.1, 0.15) is 0 Å². The van der Waals surface area contributed by atoms with E-state index in [1.54, 1.807) is 0 Å². The molecule has 0 spiro atoms. The topological polar surface area (TPSA) is 18.5 Å². The first-order chi connectivity index (χ1) is 12.8. The van der Waals surface area contributed by atoms with E-state index in [2.05, 4.69) is 48.3 Å². The van der Waals surface area contributed by atoms with Crippen molar-refractivity contribution in [1.29, 1.82) is 0 Å². The number of alkyl halides is 1. The fraction of sp³-hybridized carbons (Fsp3) is 0.913. The van der Waals surface area contributed by atoms with Crippen LogP contribution >= 0.6 is 22.6 Å². The standard InChI is InChI=1S/C23H43IO2/c1-3-5-7-17-21-25-23(26-22-18-8-6-4-2)19-15-13-11-9-10-12-14-16-20-24/h23H,3-9,11,13-22H2,1-2H3. The van der Waals surface area contributed by atoms with Gasteiger partial charge in [-0.3, -0.25) is 0 Å². The Hall–Kier alpha value is 0.210. The molecule has 0 aliphatic heterocycles. The Morgan fingerprint density at radius 2 is 1.19 bits per heavy atom. The maximum atomic E-state index is 6.02. The summed E-state index contributed by atoms with van der Waals surface area (Å²) in [6, 6.07) is 0. The third-order valence-corrected chi connectivity index (χ3v) is 5.17. The number of halogens is 1. The zero-order valence-electron chi connectivity index (χ0n) is 17.5. The molecule has 154 valence electrons. The van der Waals surface area contributed by atoms with Gasteiger partial charge in [-0.25, -0.2) is 0 Å². The molecule has 0 bridgehead atoms. The molecule has 0 saturated carbocycles. The van der Waals surface area contributed by atoms with Crippen molar-refractivity contribution in [3.8, 4) is 11.8 Å². The summed E-state index contributed by atoms with van der Waals surface area (Å²) >= 11 is 2.41. The van der Waals surface area contributed by atoms with Gasteiger partial charge in [0, 0.05) is 30.5 Å². The van der Waals surface area contributed by atoms with Crippen LogP contribution in [0.1, 0.15) is 110 Å². The molecule has 0 aliphatic carbocycles. The van der Waals surface area contributed by atoms with Crippen LogP contribution in [0.4, 0.5) is 0 Å². The summed E-state index contributed by atoms with van der Waals surface area (Å²) in [5.41, 5.74) is 0. The monoisotopic (exact) mass is 478 g/mol. The summed E-state index contributed by atoms with van der Waals surface area (Å²) in [5, 5.41) is 0. The lowest BCUT2D eigenvalue weighted by molar-refractivity contribution is -0.148. The largest absolute Gasteiger partial charge is 0.353 e. The quantitative estimate of drug-likeness (QED) is 0.0623. The van der Waals surface area contributed by atoms with Crippen LogP contribution in [0, 0.1) is 11.8 Å². The number of unbranched alkanes of at least 4 members (excludes halogenated alkanes) is 10. The number of rotatable bonds is 19. The number of ether oxygens (including phenoxy) is 2. The van der Waals surface area contributed by atoms with E-state index in [0.717, 1.165) is 45.3 Å². The van der Waals surface area contributed by atoms with Crippen molar-refractivity contribution in [1.82, 2.24) is 0 Å². The van der Waals surface area contributed by atoms with Gasteiger partial charge in [-0.1, -0.05) is 81.4 Å². The average Bonchev–Trinajstić information content (AvgIpc) is 2.65. The summed E-state index contributed by atoms with van der Waals surface area (Å²) < 4.78 is 13.2. The summed E-state index contributed by atoms with van der Waals surface area (Å²) in [5.74, 6) is 6.57. The van der Waals surface area contributed by atoms with Crippen LogP contribution in [0.25, 0.3) is 0 Å². The number of hydrogen-bond acceptors (Lipinski definition) is 2. The third kappa shape index (κ3) is 20.5. The van der Waals surface area contributed by atoms with Gasteiger partial charge in [-0.05, 0) is 38.5 Å². The van der Waals surface area contributed by atoms with E-state index in [0.29, 0.717) is 0 Å². The van der Waals surface area contributed by atoms with E-state index in [9.17, 15) is 0 Å². The second kappa shape index (κ2) is 23.2. The Morgan fingerprint density at radius 3 is 1.73 bits per heavy atom. The lowest BCUT2D eigenvalue weighted by Crippen LogP contribution is -2.19. The van der Waals surface area contributed by atoms with Crippen LogP contribution < -0.4 is 0 Å². The van der Waals surface area contributed by atoms with Crippen molar-refractivity contribution in [2.45, 2.75) is 116 Å². The molecule has 0 atom stereocenters. The Morgan fingerprint density at radius 1 is 0.654 bits per heavy atom. The van der Waals surface area contributed by atoms with Gasteiger partial charge >= 0.3 is 0 Å². The van der Waals surface area contributed by atoms with E-state index in [-0.39, 0.29) is 6.29 Å². The predicted molar refractivity (Wildman–Crippen MR) is 123 cm³/mol. The van der Waals surface area contributed by atoms with Gasteiger partial charge in [0.15, 0.2) is 6.29 Å². The van der Waals surface area contributed by atoms with Crippen LogP contribution in [0.15, 0.2) is 0 Å². The predicted octanol–water partition coefficient (Wildman–Crippen LogP) is 7.68. The minimum absolute atomic E-state index is 0.00740. The second-order valence-corrected chi connectivity index (χ2v) is 8.12. The molecule has 0 unspecified atom stereocenters. The van der Waals surface area contributed by atoms with Gasteiger partial charge in [0.25, 0.3) is 0 Å². The zero-order chi connectivity index (χ0) is 19.1. The van der Waals surface area contributed by atoms with Gasteiger partial charge in [-0.2, -0.15) is 0 Å². The van der Waals surface area contributed by atoms with Gasteiger partial charge < -0.3 is 9.47 Å². The Balaban J connectivity index is 3.80. The molecule has 26 heavy (non-hydrogen) atoms. The molecule has 0 saturated heterocycles. The molecule has 2 nitrogen and oxygen atoms in total. The highest BCUT2D eigenvalue weighted by molar-refractivity contribution is 14.1. The van der Waals surface area contributed by atoms with Gasteiger partial charge in [0.05, 0.1) is 0 Å². The molecular weight excluding hydrogens is 435 g/mol. The molecular formula is C23H43IO2. The fourth-order valence-electron chi connectivity index (χ4n) is 2.74. The molecule has 3 heteroatoms. The van der Waals surface area contributed by atoms with Crippen molar-refractivity contribution in [3.63, 3.8) is 0 Å². The molecule has 0 amide bonds. The summed E-state index contributed by atoms with van der Waals surface area (Å²) in [6.07, 6.45) is 18.0. The molecule has 0 aromatic carbocycles. The van der Waals surface area contributed by atoms with Crippen LogP contribution in [0.5, 0.6) is 0 Å². The van der Waals surface area contributed by atoms with Crippen molar-refractivity contribution in [3.05, 3.63) is 0 Å². The lowest BCUT2D eigenvalue weighted by atomic mass is 10.1. The molecule has 0 heterocycles. The van der Waals surface area contributed by atoms with E-state index in [4.69, 9.17) is 9.47 Å². The first-order valence-corrected chi connectivity index (χ1v) is 12.6. The average molecular weight is 478 g/mol. The maximum absolute atomic E-state index is 6.02. The van der Waals surface area contributed by atoms with Crippen molar-refractivity contribution in [2.75, 3.05) is 17.6 Å². The SMILES string of the molecule is CCCCCCOC(CCCCCC#CCCCI)OCCCCCC. The van der Waals surface area contributed by atoms with Crippen LogP contribution in [-0.4, -0.2) is 23.9 Å². The van der Waals surface area contributed by atoms with Gasteiger partial charge in [0.2, 0.25) is 0 Å². The highest BCUT2D eigenvalue weighted by Crippen LogP contribution is 2.12. The Labute approximate surface area is 177 Å². The summed E-state index contributed by atoms with van der Waals surface area (Å²) in [6.45, 7) is 6.19. The first kappa shape index (κ1) is 26.2. The van der Waals surface area contributed by atoms with E-state index < -0.39 is 0 Å². The van der Waals surface area contributed by atoms with E-state index >= 15 is 0 Å². The highest BCUT2D eigenvalue weighted by Gasteiger charge is 2.09. The van der Waals surface area contributed by atoms with Crippen molar-refractivity contribution >= 4 is 22.6 Å². The zero-order valence-corrected chi connectivity index (χ0v) is 19.7. The summed E-state index contributed by atoms with van der Waals surface area (Å²) in [7, 11) is 0. The Bertz CT molecular complexity index is 308. The first-order valence-electron chi connectivity index (χ1n) is 11.1. The van der Waals surface area contributed by atoms with Gasteiger partial charge in [-0.15, -0.1) is 11.8 Å². The normalized spacial score (nSPS) is 10.9. The molecule has 0 rings (SSSR count). The minimum Gasteiger partial charge on any atom is -0.353 e. The van der Waals surface area contributed by atoms with E-state index in [1.807, 2.05) is 0 Å². The smallest absolute Gasteiger partial charge is 0.157 e. The second-order valence-electron chi connectivity index (χ2n) is 7.04. The molecule has 0 aliphatic rings. The lowest BCUT2D eigenvalue weighted by Gasteiger charge is -2.18. The Kier molecular flexibility index (Phi) is 23.4. The minimum atomic E-state index is 0.00740. The molecule has 0 N–H and O–H groups in total. The summed E-state index contributed by atoms with van der Waals surface area (Å²) in [4.78, 5) is 0. The fourth-order valence-corrected chi connectivity index (χ4v) is 3.12. The molecule has 0 aromatic rings. The molecule has 0 radical (unpaired) electrons. The molecule has 0 fully saturated rings. The van der Waals surface area contributed by atoms with Crippen LogP contribution in [0.3, 0.4) is 0 Å². The molecule has 0 aromatic heterocycles.